The summed E-state index contributed by atoms with van der Waals surface area (Å²) in [7, 11) is 0. The molecule has 1 amide bonds. The summed E-state index contributed by atoms with van der Waals surface area (Å²) in [5, 5.41) is 5.83. The monoisotopic (exact) mass is 368 g/mol. The van der Waals surface area contributed by atoms with E-state index >= 15 is 0 Å². The molecule has 138 valence electrons. The van der Waals surface area contributed by atoms with Crippen molar-refractivity contribution in [2.75, 3.05) is 6.54 Å². The number of halogens is 4. The number of alkyl halides is 3. The standard InChI is InChI=1S/C17H16F4N4O/c18-12-4-3-10(7-25-16(26)13-2-1-5-22-13)6-11(12)14-8-24-15(9-23-14)17(19,20)21/h3-4,6,8-9,13,22H,1-2,5,7H2,(H,25,26). The van der Waals surface area contributed by atoms with Gasteiger partial charge in [0.1, 0.15) is 5.82 Å². The van der Waals surface area contributed by atoms with Crippen LogP contribution in [0.3, 0.4) is 0 Å². The summed E-state index contributed by atoms with van der Waals surface area (Å²) < 4.78 is 51.7. The van der Waals surface area contributed by atoms with E-state index in [4.69, 9.17) is 0 Å². The van der Waals surface area contributed by atoms with Crippen LogP contribution in [-0.2, 0) is 17.5 Å². The Bertz CT molecular complexity index is 786. The van der Waals surface area contributed by atoms with E-state index in [9.17, 15) is 22.4 Å². The topological polar surface area (TPSA) is 66.9 Å². The highest BCUT2D eigenvalue weighted by molar-refractivity contribution is 5.82. The zero-order valence-electron chi connectivity index (χ0n) is 13.6. The van der Waals surface area contributed by atoms with E-state index in [1.54, 1.807) is 0 Å². The maximum Gasteiger partial charge on any atom is 0.434 e. The van der Waals surface area contributed by atoms with Gasteiger partial charge in [0.05, 0.1) is 24.1 Å². The molecule has 0 radical (unpaired) electrons. The van der Waals surface area contributed by atoms with Gasteiger partial charge in [-0.1, -0.05) is 6.07 Å². The van der Waals surface area contributed by atoms with Crippen molar-refractivity contribution in [3.63, 3.8) is 0 Å². The van der Waals surface area contributed by atoms with Crippen LogP contribution in [-0.4, -0.2) is 28.5 Å². The number of benzene rings is 1. The fourth-order valence-corrected chi connectivity index (χ4v) is 2.71. The van der Waals surface area contributed by atoms with Gasteiger partial charge in [0.25, 0.3) is 0 Å². The van der Waals surface area contributed by atoms with Crippen LogP contribution in [0.2, 0.25) is 0 Å². The van der Waals surface area contributed by atoms with E-state index in [0.29, 0.717) is 11.8 Å². The van der Waals surface area contributed by atoms with Crippen molar-refractivity contribution in [1.29, 1.82) is 0 Å². The Morgan fingerprint density at radius 3 is 2.69 bits per heavy atom. The predicted octanol–water partition coefficient (Wildman–Crippen LogP) is 2.67. The lowest BCUT2D eigenvalue weighted by Gasteiger charge is -2.12. The van der Waals surface area contributed by atoms with Gasteiger partial charge in [-0.3, -0.25) is 9.78 Å². The van der Waals surface area contributed by atoms with Gasteiger partial charge in [-0.05, 0) is 37.1 Å². The van der Waals surface area contributed by atoms with Crippen LogP contribution in [0.25, 0.3) is 11.3 Å². The second kappa shape index (κ2) is 7.36. The lowest BCUT2D eigenvalue weighted by molar-refractivity contribution is -0.141. The molecule has 1 fully saturated rings. The van der Waals surface area contributed by atoms with Gasteiger partial charge in [-0.15, -0.1) is 0 Å². The molecular formula is C17H16F4N4O. The summed E-state index contributed by atoms with van der Waals surface area (Å²) in [4.78, 5) is 18.9. The maximum absolute atomic E-state index is 14.0. The fourth-order valence-electron chi connectivity index (χ4n) is 2.71. The third-order valence-electron chi connectivity index (χ3n) is 4.09. The molecule has 1 atom stereocenters. The highest BCUT2D eigenvalue weighted by atomic mass is 19.4. The summed E-state index contributed by atoms with van der Waals surface area (Å²) >= 11 is 0. The molecule has 2 N–H and O–H groups in total. The molecule has 1 aliphatic heterocycles. The lowest BCUT2D eigenvalue weighted by Crippen LogP contribution is -2.40. The van der Waals surface area contributed by atoms with Gasteiger partial charge in [0, 0.05) is 12.1 Å². The van der Waals surface area contributed by atoms with E-state index in [1.165, 1.54) is 18.2 Å². The van der Waals surface area contributed by atoms with E-state index in [2.05, 4.69) is 20.6 Å². The quantitative estimate of drug-likeness (QED) is 0.815. The first kappa shape index (κ1) is 18.2. The Balaban J connectivity index is 1.74. The van der Waals surface area contributed by atoms with E-state index in [-0.39, 0.29) is 29.8 Å². The number of hydrogen-bond donors (Lipinski definition) is 2. The third-order valence-corrected chi connectivity index (χ3v) is 4.09. The van der Waals surface area contributed by atoms with Gasteiger partial charge in [0.2, 0.25) is 5.91 Å². The summed E-state index contributed by atoms with van der Waals surface area (Å²) in [6.45, 7) is 0.976. The highest BCUT2D eigenvalue weighted by Crippen LogP contribution is 2.28. The van der Waals surface area contributed by atoms with Crippen LogP contribution in [0, 0.1) is 5.82 Å². The Kier molecular flexibility index (Phi) is 5.17. The van der Waals surface area contributed by atoms with Crippen molar-refractivity contribution in [3.8, 4) is 11.3 Å². The number of aromatic nitrogens is 2. The molecule has 0 spiro atoms. The van der Waals surface area contributed by atoms with Crippen LogP contribution in [0.5, 0.6) is 0 Å². The predicted molar refractivity (Wildman–Crippen MR) is 85.3 cm³/mol. The normalized spacial score (nSPS) is 17.3. The Morgan fingerprint density at radius 2 is 2.08 bits per heavy atom. The zero-order chi connectivity index (χ0) is 18.7. The van der Waals surface area contributed by atoms with Crippen molar-refractivity contribution in [3.05, 3.63) is 47.7 Å². The first-order valence-corrected chi connectivity index (χ1v) is 8.04. The number of carbonyl (C=O) groups excluding carboxylic acids is 1. The molecule has 3 rings (SSSR count). The van der Waals surface area contributed by atoms with Crippen LogP contribution < -0.4 is 10.6 Å². The van der Waals surface area contributed by atoms with Crippen molar-refractivity contribution < 1.29 is 22.4 Å². The van der Waals surface area contributed by atoms with Crippen molar-refractivity contribution >= 4 is 5.91 Å². The largest absolute Gasteiger partial charge is 0.434 e. The molecule has 9 heteroatoms. The number of nitrogens with zero attached hydrogens (tertiary/aromatic N) is 2. The van der Waals surface area contributed by atoms with Crippen molar-refractivity contribution in [2.24, 2.45) is 0 Å². The molecule has 0 saturated carbocycles. The highest BCUT2D eigenvalue weighted by Gasteiger charge is 2.32. The zero-order valence-corrected chi connectivity index (χ0v) is 13.6. The van der Waals surface area contributed by atoms with Crippen LogP contribution in [0.4, 0.5) is 17.6 Å². The summed E-state index contributed by atoms with van der Waals surface area (Å²) in [6.07, 6.45) is -1.46. The number of nitrogens with one attached hydrogen (secondary N) is 2. The molecule has 1 saturated heterocycles. The minimum Gasteiger partial charge on any atom is -0.351 e. The molecule has 1 aliphatic rings. The molecule has 5 nitrogen and oxygen atoms in total. The molecule has 2 aromatic rings. The molecule has 2 heterocycles. The Morgan fingerprint density at radius 1 is 1.27 bits per heavy atom. The third kappa shape index (κ3) is 4.16. The second-order valence-electron chi connectivity index (χ2n) is 5.97. The van der Waals surface area contributed by atoms with Gasteiger partial charge >= 0.3 is 6.18 Å². The minimum atomic E-state index is -4.61. The van der Waals surface area contributed by atoms with Crippen LogP contribution in [0.15, 0.2) is 30.6 Å². The summed E-state index contributed by atoms with van der Waals surface area (Å²) in [6, 6.07) is 3.90. The lowest BCUT2D eigenvalue weighted by atomic mass is 10.1. The number of rotatable bonds is 4. The summed E-state index contributed by atoms with van der Waals surface area (Å²) in [5.41, 5.74) is -0.526. The first-order chi connectivity index (χ1) is 12.3. The van der Waals surface area contributed by atoms with Crippen molar-refractivity contribution in [2.45, 2.75) is 31.6 Å². The average Bonchev–Trinajstić information content (AvgIpc) is 3.15. The minimum absolute atomic E-state index is 0.0128. The van der Waals surface area contributed by atoms with E-state index < -0.39 is 17.7 Å². The van der Waals surface area contributed by atoms with E-state index in [1.807, 2.05) is 0 Å². The van der Waals surface area contributed by atoms with Gasteiger partial charge in [-0.25, -0.2) is 9.37 Å². The first-order valence-electron chi connectivity index (χ1n) is 8.04. The van der Waals surface area contributed by atoms with E-state index in [0.717, 1.165) is 25.6 Å². The molecular weight excluding hydrogens is 352 g/mol. The second-order valence-corrected chi connectivity index (χ2v) is 5.97. The molecule has 1 aromatic heterocycles. The Labute approximate surface area is 146 Å². The number of hydrogen-bond acceptors (Lipinski definition) is 4. The number of amides is 1. The molecule has 0 aliphatic carbocycles. The van der Waals surface area contributed by atoms with Crippen molar-refractivity contribution in [1.82, 2.24) is 20.6 Å². The summed E-state index contributed by atoms with van der Waals surface area (Å²) in [5.74, 6) is -0.769. The molecule has 0 bridgehead atoms. The Hall–Kier alpha value is -2.55. The molecule has 26 heavy (non-hydrogen) atoms. The SMILES string of the molecule is O=C(NCc1ccc(F)c(-c2cnc(C(F)(F)F)cn2)c1)C1CCCN1. The van der Waals surface area contributed by atoms with Gasteiger partial charge in [0.15, 0.2) is 5.69 Å². The van der Waals surface area contributed by atoms with Crippen LogP contribution in [0.1, 0.15) is 24.1 Å². The van der Waals surface area contributed by atoms with Crippen LogP contribution >= 0.6 is 0 Å². The van der Waals surface area contributed by atoms with Gasteiger partial charge < -0.3 is 10.6 Å². The van der Waals surface area contributed by atoms with Gasteiger partial charge in [-0.2, -0.15) is 13.2 Å². The average molecular weight is 368 g/mol. The fraction of sp³-hybridized carbons (Fsp3) is 0.353. The smallest absolute Gasteiger partial charge is 0.351 e. The maximum atomic E-state index is 14.0. The molecule has 1 aromatic carbocycles. The molecule has 1 unspecified atom stereocenters. The number of carbonyl (C=O) groups is 1.